The first kappa shape index (κ1) is 15.2. The summed E-state index contributed by atoms with van der Waals surface area (Å²) in [4.78, 5) is 10.4. The van der Waals surface area contributed by atoms with Crippen molar-refractivity contribution in [2.45, 2.75) is 0 Å². The monoisotopic (exact) mass is 266 g/mol. The minimum atomic E-state index is -4.67. The summed E-state index contributed by atoms with van der Waals surface area (Å²) >= 11 is 0. The van der Waals surface area contributed by atoms with E-state index in [4.69, 9.17) is 32.5 Å². The van der Waals surface area contributed by atoms with Crippen molar-refractivity contribution >= 4 is 16.4 Å². The van der Waals surface area contributed by atoms with E-state index in [1.807, 2.05) is 0 Å². The number of carbonyl (C=O) groups is 1. The van der Waals surface area contributed by atoms with Gasteiger partial charge in [-0.15, -0.1) is 0 Å². The van der Waals surface area contributed by atoms with Crippen molar-refractivity contribution in [2.24, 2.45) is 0 Å². The number of hydrogen-bond donors (Lipinski definition) is 4. The van der Waals surface area contributed by atoms with Gasteiger partial charge in [0.25, 0.3) is 0 Å². The van der Waals surface area contributed by atoms with Gasteiger partial charge in [-0.25, -0.2) is 4.79 Å². The fourth-order valence-electron chi connectivity index (χ4n) is 0.811. The number of aromatic hydroxyl groups is 1. The number of methoxy groups -OCH3 is 1. The number of ether oxygens (including phenoxy) is 1. The molecule has 0 aromatic heterocycles. The minimum absolute atomic E-state index is 0.0671. The Labute approximate surface area is 96.7 Å². The molecule has 0 spiro atoms. The molecule has 0 unspecified atom stereocenters. The number of hydrogen-bond acceptors (Lipinski definition) is 5. The second-order valence-electron chi connectivity index (χ2n) is 2.64. The summed E-state index contributed by atoms with van der Waals surface area (Å²) in [7, 11) is -3.30. The highest BCUT2D eigenvalue weighted by Crippen LogP contribution is 2.25. The van der Waals surface area contributed by atoms with Gasteiger partial charge in [0.15, 0.2) is 11.5 Å². The fraction of sp³-hybridized carbons (Fsp3) is 0.125. The summed E-state index contributed by atoms with van der Waals surface area (Å²) in [6, 6.07) is 3.85. The second kappa shape index (κ2) is 6.03. The van der Waals surface area contributed by atoms with Crippen LogP contribution in [0, 0.1) is 0 Å². The molecular weight excluding hydrogens is 256 g/mol. The predicted molar refractivity (Wildman–Crippen MR) is 55.8 cm³/mol. The summed E-state index contributed by atoms with van der Waals surface area (Å²) in [5, 5.41) is 17.7. The van der Waals surface area contributed by atoms with Crippen LogP contribution >= 0.6 is 0 Å². The molecule has 0 saturated carbocycles. The number of benzene rings is 1. The SMILES string of the molecule is COc1cc(C(=O)O)ccc1O.O=S(=O)(O)O. The molecule has 0 atom stereocenters. The van der Waals surface area contributed by atoms with Crippen LogP contribution in [0.4, 0.5) is 0 Å². The fourth-order valence-corrected chi connectivity index (χ4v) is 0.811. The normalized spacial score (nSPS) is 10.1. The maximum Gasteiger partial charge on any atom is 0.394 e. The van der Waals surface area contributed by atoms with Gasteiger partial charge >= 0.3 is 16.4 Å². The van der Waals surface area contributed by atoms with E-state index in [2.05, 4.69) is 0 Å². The molecule has 17 heavy (non-hydrogen) atoms. The Kier molecular flexibility index (Phi) is 5.38. The number of aromatic carboxylic acids is 1. The van der Waals surface area contributed by atoms with Crippen LogP contribution in [-0.2, 0) is 10.4 Å². The Morgan fingerprint density at radius 2 is 1.76 bits per heavy atom. The van der Waals surface area contributed by atoms with Gasteiger partial charge in [-0.3, -0.25) is 9.11 Å². The average molecular weight is 266 g/mol. The lowest BCUT2D eigenvalue weighted by Gasteiger charge is -2.02. The summed E-state index contributed by atoms with van der Waals surface area (Å²) < 4.78 is 36.3. The molecule has 0 saturated heterocycles. The van der Waals surface area contributed by atoms with Crippen LogP contribution in [0.5, 0.6) is 11.5 Å². The molecule has 9 heteroatoms. The lowest BCUT2D eigenvalue weighted by atomic mass is 10.2. The average Bonchev–Trinajstić information content (AvgIpc) is 2.15. The maximum atomic E-state index is 10.4. The smallest absolute Gasteiger partial charge is 0.394 e. The van der Waals surface area contributed by atoms with Crippen LogP contribution in [0.1, 0.15) is 10.4 Å². The quantitative estimate of drug-likeness (QED) is 0.565. The minimum Gasteiger partial charge on any atom is -0.504 e. The van der Waals surface area contributed by atoms with Gasteiger partial charge in [0, 0.05) is 0 Å². The van der Waals surface area contributed by atoms with Crippen LogP contribution in [0.25, 0.3) is 0 Å². The Balaban J connectivity index is 0.000000437. The summed E-state index contributed by atoms with van der Waals surface area (Å²) in [6.07, 6.45) is 0. The van der Waals surface area contributed by atoms with Crippen LogP contribution < -0.4 is 4.74 Å². The highest BCUT2D eigenvalue weighted by atomic mass is 32.3. The van der Waals surface area contributed by atoms with E-state index in [0.717, 1.165) is 0 Å². The highest BCUT2D eigenvalue weighted by Gasteiger charge is 2.06. The number of carboxylic acids is 1. The van der Waals surface area contributed by atoms with E-state index in [1.54, 1.807) is 0 Å². The standard InChI is InChI=1S/C8H8O4.H2O4S/c1-12-7-4-5(8(10)11)2-3-6(7)9;1-5(2,3)4/h2-4,9H,1H3,(H,10,11);(H2,1,2,3,4). The van der Waals surface area contributed by atoms with Crippen LogP contribution in [0.3, 0.4) is 0 Å². The highest BCUT2D eigenvalue weighted by molar-refractivity contribution is 7.79. The molecular formula is C8H10O8S. The van der Waals surface area contributed by atoms with E-state index in [1.165, 1.54) is 25.3 Å². The first-order valence-corrected chi connectivity index (χ1v) is 5.35. The lowest BCUT2D eigenvalue weighted by Crippen LogP contribution is -1.96. The number of phenolic OH excluding ortho intramolecular Hbond substituents is 1. The molecule has 8 nitrogen and oxygen atoms in total. The molecule has 0 radical (unpaired) electrons. The Morgan fingerprint density at radius 1 is 1.29 bits per heavy atom. The first-order chi connectivity index (χ1) is 7.65. The van der Waals surface area contributed by atoms with Crippen molar-refractivity contribution in [1.29, 1.82) is 0 Å². The third-order valence-electron chi connectivity index (χ3n) is 1.43. The van der Waals surface area contributed by atoms with Crippen molar-refractivity contribution in [3.63, 3.8) is 0 Å². The molecule has 0 aliphatic rings. The van der Waals surface area contributed by atoms with Gasteiger partial charge in [-0.1, -0.05) is 0 Å². The molecule has 0 amide bonds. The van der Waals surface area contributed by atoms with Gasteiger partial charge in [0.05, 0.1) is 12.7 Å². The van der Waals surface area contributed by atoms with Gasteiger partial charge < -0.3 is 14.9 Å². The van der Waals surface area contributed by atoms with Gasteiger partial charge in [-0.2, -0.15) is 8.42 Å². The molecule has 1 aromatic rings. The van der Waals surface area contributed by atoms with Gasteiger partial charge in [0.2, 0.25) is 0 Å². The van der Waals surface area contributed by atoms with E-state index in [9.17, 15) is 4.79 Å². The van der Waals surface area contributed by atoms with Gasteiger partial charge in [-0.05, 0) is 18.2 Å². The molecule has 0 aliphatic heterocycles. The molecule has 96 valence electrons. The van der Waals surface area contributed by atoms with Crippen molar-refractivity contribution in [2.75, 3.05) is 7.11 Å². The topological polar surface area (TPSA) is 141 Å². The predicted octanol–water partition coefficient (Wildman–Crippen LogP) is 0.446. The summed E-state index contributed by atoms with van der Waals surface area (Å²) in [5.41, 5.74) is 0.0876. The molecule has 0 fully saturated rings. The van der Waals surface area contributed by atoms with Crippen molar-refractivity contribution in [3.8, 4) is 11.5 Å². The molecule has 4 N–H and O–H groups in total. The Bertz CT molecular complexity index is 484. The molecule has 0 bridgehead atoms. The maximum absolute atomic E-state index is 10.4. The Morgan fingerprint density at radius 3 is 2.12 bits per heavy atom. The largest absolute Gasteiger partial charge is 0.504 e. The number of rotatable bonds is 2. The lowest BCUT2D eigenvalue weighted by molar-refractivity contribution is 0.0696. The third kappa shape index (κ3) is 7.11. The molecule has 1 rings (SSSR count). The Hall–Kier alpha value is -1.84. The van der Waals surface area contributed by atoms with E-state index in [-0.39, 0.29) is 17.1 Å². The van der Waals surface area contributed by atoms with E-state index >= 15 is 0 Å². The molecule has 1 aromatic carbocycles. The van der Waals surface area contributed by atoms with Crippen molar-refractivity contribution in [1.82, 2.24) is 0 Å². The molecule has 0 aliphatic carbocycles. The summed E-state index contributed by atoms with van der Waals surface area (Å²) in [5.74, 6) is -0.953. The number of phenols is 1. The third-order valence-corrected chi connectivity index (χ3v) is 1.43. The zero-order valence-electron chi connectivity index (χ0n) is 8.56. The second-order valence-corrected chi connectivity index (χ2v) is 3.54. The van der Waals surface area contributed by atoms with Gasteiger partial charge in [0.1, 0.15) is 0 Å². The van der Waals surface area contributed by atoms with Crippen molar-refractivity contribution in [3.05, 3.63) is 23.8 Å². The van der Waals surface area contributed by atoms with Crippen molar-refractivity contribution < 1.29 is 37.3 Å². The zero-order chi connectivity index (χ0) is 13.6. The zero-order valence-corrected chi connectivity index (χ0v) is 9.38. The van der Waals surface area contributed by atoms with E-state index < -0.39 is 16.4 Å². The van der Waals surface area contributed by atoms with Crippen LogP contribution in [0.2, 0.25) is 0 Å². The number of carboxylic acid groups (broad SMARTS) is 1. The summed E-state index contributed by atoms with van der Waals surface area (Å²) in [6.45, 7) is 0. The van der Waals surface area contributed by atoms with Crippen LogP contribution in [-0.4, -0.2) is 40.8 Å². The van der Waals surface area contributed by atoms with Crippen LogP contribution in [0.15, 0.2) is 18.2 Å². The first-order valence-electron chi connectivity index (χ1n) is 3.95. The van der Waals surface area contributed by atoms with E-state index in [0.29, 0.717) is 0 Å². The molecule has 0 heterocycles.